The van der Waals surface area contributed by atoms with Gasteiger partial charge in [0, 0.05) is 19.1 Å². The van der Waals surface area contributed by atoms with Crippen molar-refractivity contribution in [1.82, 2.24) is 4.90 Å². The minimum Gasteiger partial charge on any atom is -0.466 e. The number of amides is 1. The fourth-order valence-electron chi connectivity index (χ4n) is 2.20. The molecule has 0 bridgehead atoms. The second kappa shape index (κ2) is 5.14. The second-order valence-corrected chi connectivity index (χ2v) is 5.32. The van der Waals surface area contributed by atoms with Crippen molar-refractivity contribution in [2.75, 3.05) is 25.1 Å². The fourth-order valence-corrected chi connectivity index (χ4v) is 2.63. The maximum absolute atomic E-state index is 11.8. The lowest BCUT2D eigenvalue weighted by Gasteiger charge is -2.14. The standard InChI is InChI=1S/C12H18N2O2S/c1-8-3-4-11(16-8)9-5-14(6-10(9)13)12(15)7-17-2/h3-4,9-10H,5-7,13H2,1-2H3. The summed E-state index contributed by atoms with van der Waals surface area (Å²) in [5.41, 5.74) is 6.08. The van der Waals surface area contributed by atoms with Crippen molar-refractivity contribution >= 4 is 17.7 Å². The van der Waals surface area contributed by atoms with E-state index in [1.165, 1.54) is 0 Å². The van der Waals surface area contributed by atoms with Crippen LogP contribution in [0.4, 0.5) is 0 Å². The van der Waals surface area contributed by atoms with Gasteiger partial charge in [0.1, 0.15) is 11.5 Å². The van der Waals surface area contributed by atoms with E-state index in [4.69, 9.17) is 10.2 Å². The van der Waals surface area contributed by atoms with Crippen molar-refractivity contribution in [3.8, 4) is 0 Å². The first-order valence-electron chi connectivity index (χ1n) is 5.70. The Morgan fingerprint density at radius 3 is 2.94 bits per heavy atom. The molecule has 2 atom stereocenters. The van der Waals surface area contributed by atoms with Crippen molar-refractivity contribution in [1.29, 1.82) is 0 Å². The third-order valence-electron chi connectivity index (χ3n) is 3.11. The monoisotopic (exact) mass is 254 g/mol. The van der Waals surface area contributed by atoms with Crippen LogP contribution < -0.4 is 5.73 Å². The van der Waals surface area contributed by atoms with E-state index in [1.807, 2.05) is 30.2 Å². The van der Waals surface area contributed by atoms with Gasteiger partial charge in [-0.15, -0.1) is 0 Å². The minimum atomic E-state index is -0.0219. The number of nitrogens with two attached hydrogens (primary N) is 1. The van der Waals surface area contributed by atoms with Gasteiger partial charge >= 0.3 is 0 Å². The van der Waals surface area contributed by atoms with E-state index in [-0.39, 0.29) is 17.9 Å². The fraction of sp³-hybridized carbons (Fsp3) is 0.583. The molecule has 0 spiro atoms. The highest BCUT2D eigenvalue weighted by molar-refractivity contribution is 7.99. The third-order valence-corrected chi connectivity index (χ3v) is 3.65. The van der Waals surface area contributed by atoms with Gasteiger partial charge in [-0.05, 0) is 25.3 Å². The first-order chi connectivity index (χ1) is 8.11. The van der Waals surface area contributed by atoms with Crippen molar-refractivity contribution < 1.29 is 9.21 Å². The van der Waals surface area contributed by atoms with Crippen LogP contribution in [0.3, 0.4) is 0 Å². The molecule has 2 heterocycles. The number of thioether (sulfide) groups is 1. The van der Waals surface area contributed by atoms with Gasteiger partial charge in [0.15, 0.2) is 0 Å². The predicted octanol–water partition coefficient (Wildman–Crippen LogP) is 1.20. The molecule has 1 aromatic heterocycles. The number of carbonyl (C=O) groups excluding carboxylic acids is 1. The zero-order chi connectivity index (χ0) is 12.4. The molecule has 4 nitrogen and oxygen atoms in total. The lowest BCUT2D eigenvalue weighted by Crippen LogP contribution is -2.33. The van der Waals surface area contributed by atoms with E-state index >= 15 is 0 Å². The van der Waals surface area contributed by atoms with E-state index in [2.05, 4.69) is 0 Å². The lowest BCUT2D eigenvalue weighted by atomic mass is 10.0. The van der Waals surface area contributed by atoms with Crippen LogP contribution in [0.15, 0.2) is 16.5 Å². The summed E-state index contributed by atoms with van der Waals surface area (Å²) in [5, 5.41) is 0. The molecule has 2 rings (SSSR count). The maximum atomic E-state index is 11.8. The van der Waals surface area contributed by atoms with Gasteiger partial charge in [-0.1, -0.05) is 0 Å². The second-order valence-electron chi connectivity index (χ2n) is 4.45. The van der Waals surface area contributed by atoms with Crippen LogP contribution in [0.1, 0.15) is 17.4 Å². The first kappa shape index (κ1) is 12.5. The number of aryl methyl sites for hydroxylation is 1. The number of carbonyl (C=O) groups is 1. The van der Waals surface area contributed by atoms with Crippen LogP contribution in [0, 0.1) is 6.92 Å². The molecule has 94 valence electrons. The Balaban J connectivity index is 2.05. The van der Waals surface area contributed by atoms with Crippen molar-refractivity contribution in [3.05, 3.63) is 23.7 Å². The molecule has 2 unspecified atom stereocenters. The SMILES string of the molecule is CSCC(=O)N1CC(N)C(c2ccc(C)o2)C1. The summed E-state index contributed by atoms with van der Waals surface area (Å²) >= 11 is 1.54. The first-order valence-corrected chi connectivity index (χ1v) is 7.10. The number of hydrogen-bond donors (Lipinski definition) is 1. The summed E-state index contributed by atoms with van der Waals surface area (Å²) in [6, 6.07) is 3.88. The predicted molar refractivity (Wildman–Crippen MR) is 69.1 cm³/mol. The van der Waals surface area contributed by atoms with Gasteiger partial charge in [0.05, 0.1) is 11.7 Å². The molecule has 2 N–H and O–H groups in total. The molecule has 1 saturated heterocycles. The Hall–Kier alpha value is -0.940. The molecule has 1 fully saturated rings. The van der Waals surface area contributed by atoms with Crippen LogP contribution in [0.5, 0.6) is 0 Å². The maximum Gasteiger partial charge on any atom is 0.232 e. The van der Waals surface area contributed by atoms with E-state index in [0.29, 0.717) is 18.8 Å². The molecule has 17 heavy (non-hydrogen) atoms. The Bertz CT molecular complexity index is 405. The summed E-state index contributed by atoms with van der Waals surface area (Å²) < 4.78 is 5.60. The minimum absolute atomic E-state index is 0.0219. The Kier molecular flexibility index (Phi) is 3.79. The summed E-state index contributed by atoms with van der Waals surface area (Å²) in [6.07, 6.45) is 1.93. The van der Waals surface area contributed by atoms with Gasteiger partial charge in [0.2, 0.25) is 5.91 Å². The number of furan rings is 1. The Labute approximate surface area is 106 Å². The number of likely N-dealkylation sites (tertiary alicyclic amines) is 1. The molecule has 1 aliphatic rings. The smallest absolute Gasteiger partial charge is 0.232 e. The highest BCUT2D eigenvalue weighted by atomic mass is 32.2. The molecule has 0 aliphatic carbocycles. The molecule has 5 heteroatoms. The van der Waals surface area contributed by atoms with E-state index < -0.39 is 0 Å². The van der Waals surface area contributed by atoms with E-state index in [0.717, 1.165) is 11.5 Å². The average Bonchev–Trinajstić information content (AvgIpc) is 2.85. The van der Waals surface area contributed by atoms with E-state index in [9.17, 15) is 4.79 Å². The molecule has 1 aromatic rings. The van der Waals surface area contributed by atoms with Crippen LogP contribution in [0.25, 0.3) is 0 Å². The summed E-state index contributed by atoms with van der Waals surface area (Å²) in [7, 11) is 0. The summed E-state index contributed by atoms with van der Waals surface area (Å²) in [6.45, 7) is 3.22. The largest absolute Gasteiger partial charge is 0.466 e. The summed E-state index contributed by atoms with van der Waals surface area (Å²) in [4.78, 5) is 13.6. The average molecular weight is 254 g/mol. The highest BCUT2D eigenvalue weighted by Gasteiger charge is 2.35. The van der Waals surface area contributed by atoms with Gasteiger partial charge in [-0.2, -0.15) is 11.8 Å². The normalized spacial score (nSPS) is 24.3. The van der Waals surface area contributed by atoms with Gasteiger partial charge in [-0.25, -0.2) is 0 Å². The quantitative estimate of drug-likeness (QED) is 0.880. The van der Waals surface area contributed by atoms with Crippen molar-refractivity contribution in [2.24, 2.45) is 5.73 Å². The van der Waals surface area contributed by atoms with Gasteiger partial charge in [0.25, 0.3) is 0 Å². The zero-order valence-electron chi connectivity index (χ0n) is 10.2. The molecule has 0 radical (unpaired) electrons. The van der Waals surface area contributed by atoms with Crippen LogP contribution in [0.2, 0.25) is 0 Å². The van der Waals surface area contributed by atoms with E-state index in [1.54, 1.807) is 11.8 Å². The number of rotatable bonds is 3. The molecule has 1 amide bonds. The molecule has 0 aromatic carbocycles. The van der Waals surface area contributed by atoms with Crippen LogP contribution in [-0.2, 0) is 4.79 Å². The third kappa shape index (κ3) is 2.66. The van der Waals surface area contributed by atoms with Gasteiger partial charge in [-0.3, -0.25) is 4.79 Å². The van der Waals surface area contributed by atoms with Crippen LogP contribution >= 0.6 is 11.8 Å². The highest BCUT2D eigenvalue weighted by Crippen LogP contribution is 2.28. The Morgan fingerprint density at radius 2 is 2.35 bits per heavy atom. The molecular formula is C12H18N2O2S. The molecule has 1 aliphatic heterocycles. The number of nitrogens with zero attached hydrogens (tertiary/aromatic N) is 1. The zero-order valence-corrected chi connectivity index (χ0v) is 11.0. The van der Waals surface area contributed by atoms with Crippen molar-refractivity contribution in [3.63, 3.8) is 0 Å². The molecular weight excluding hydrogens is 236 g/mol. The number of hydrogen-bond acceptors (Lipinski definition) is 4. The molecule has 0 saturated carbocycles. The van der Waals surface area contributed by atoms with Crippen molar-refractivity contribution in [2.45, 2.75) is 18.9 Å². The van der Waals surface area contributed by atoms with Crippen LogP contribution in [-0.4, -0.2) is 41.9 Å². The lowest BCUT2D eigenvalue weighted by molar-refractivity contribution is -0.127. The Morgan fingerprint density at radius 1 is 1.59 bits per heavy atom. The topological polar surface area (TPSA) is 59.5 Å². The van der Waals surface area contributed by atoms with Gasteiger partial charge < -0.3 is 15.1 Å². The summed E-state index contributed by atoms with van der Waals surface area (Å²) in [5.74, 6) is 2.61.